The van der Waals surface area contributed by atoms with Gasteiger partial charge in [-0.3, -0.25) is 0 Å². The molecule has 1 saturated heterocycles. The Hall–Kier alpha value is -0.580. The van der Waals surface area contributed by atoms with Gasteiger partial charge in [-0.15, -0.1) is 0 Å². The fourth-order valence-corrected chi connectivity index (χ4v) is 3.18. The van der Waals surface area contributed by atoms with Crippen molar-refractivity contribution in [2.75, 3.05) is 24.6 Å². The van der Waals surface area contributed by atoms with E-state index in [-0.39, 0.29) is 6.04 Å². The molecule has 1 aliphatic rings. The highest BCUT2D eigenvalue weighted by molar-refractivity contribution is 9.10. The van der Waals surface area contributed by atoms with Gasteiger partial charge in [0.05, 0.1) is 5.69 Å². The Balaban J connectivity index is 2.10. The monoisotopic (exact) mass is 312 g/mol. The molecule has 2 unspecified atom stereocenters. The molecule has 1 aromatic rings. The summed E-state index contributed by atoms with van der Waals surface area (Å²) < 4.78 is 1.11. The Morgan fingerprint density at radius 3 is 2.94 bits per heavy atom. The molecule has 18 heavy (non-hydrogen) atoms. The number of nitrogens with two attached hydrogens (primary N) is 1. The van der Waals surface area contributed by atoms with Crippen LogP contribution in [0.4, 0.5) is 5.69 Å². The van der Waals surface area contributed by atoms with Gasteiger partial charge >= 0.3 is 0 Å². The van der Waals surface area contributed by atoms with E-state index in [1.165, 1.54) is 12.1 Å². The molecule has 0 saturated carbocycles. The van der Waals surface area contributed by atoms with Crippen LogP contribution in [0, 0.1) is 5.92 Å². The Morgan fingerprint density at radius 1 is 1.56 bits per heavy atom. The maximum atomic E-state index is 8.99. The van der Waals surface area contributed by atoms with Crippen molar-refractivity contribution in [1.29, 1.82) is 0 Å². The van der Waals surface area contributed by atoms with Crippen molar-refractivity contribution in [3.8, 4) is 0 Å². The van der Waals surface area contributed by atoms with Crippen molar-refractivity contribution in [3.05, 3.63) is 28.2 Å². The Kier molecular flexibility index (Phi) is 4.65. The van der Waals surface area contributed by atoms with E-state index in [0.717, 1.165) is 29.5 Å². The predicted octanol–water partition coefficient (Wildman–Crippen LogP) is 2.68. The third-order valence-electron chi connectivity index (χ3n) is 3.66. The number of aliphatic hydroxyl groups is 1. The maximum Gasteiger partial charge on any atom is 0.0510 e. The lowest BCUT2D eigenvalue weighted by atomic mass is 10.1. The van der Waals surface area contributed by atoms with Gasteiger partial charge in [-0.1, -0.05) is 6.07 Å². The number of anilines is 1. The van der Waals surface area contributed by atoms with Crippen molar-refractivity contribution in [3.63, 3.8) is 0 Å². The molecular formula is C14H21BrN2O. The molecule has 2 atom stereocenters. The summed E-state index contributed by atoms with van der Waals surface area (Å²) in [6, 6.07) is 6.42. The standard InChI is InChI=1S/C14H21BrN2O/c1-10(16)12-2-3-14(13(15)8-12)17-6-4-11(9-17)5-7-18/h2-3,8,10-11,18H,4-7,9,16H2,1H3. The van der Waals surface area contributed by atoms with Crippen LogP contribution in [0.3, 0.4) is 0 Å². The summed E-state index contributed by atoms with van der Waals surface area (Å²) in [7, 11) is 0. The van der Waals surface area contributed by atoms with Gasteiger partial charge in [-0.05, 0) is 59.3 Å². The number of benzene rings is 1. The van der Waals surface area contributed by atoms with Gasteiger partial charge in [0, 0.05) is 30.2 Å². The van der Waals surface area contributed by atoms with Crippen LogP contribution in [0.15, 0.2) is 22.7 Å². The molecule has 3 nitrogen and oxygen atoms in total. The fourth-order valence-electron chi connectivity index (χ4n) is 2.53. The van der Waals surface area contributed by atoms with Crippen LogP contribution in [0.25, 0.3) is 0 Å². The molecule has 4 heteroatoms. The number of hydrogen-bond acceptors (Lipinski definition) is 3. The molecule has 0 radical (unpaired) electrons. The van der Waals surface area contributed by atoms with Crippen molar-refractivity contribution >= 4 is 21.6 Å². The van der Waals surface area contributed by atoms with Crippen molar-refractivity contribution in [1.82, 2.24) is 0 Å². The van der Waals surface area contributed by atoms with Crippen LogP contribution < -0.4 is 10.6 Å². The molecule has 100 valence electrons. The minimum atomic E-state index is 0.0658. The van der Waals surface area contributed by atoms with Crippen LogP contribution in [-0.2, 0) is 0 Å². The minimum Gasteiger partial charge on any atom is -0.396 e. The molecular weight excluding hydrogens is 292 g/mol. The summed E-state index contributed by atoms with van der Waals surface area (Å²) in [6.07, 6.45) is 2.08. The summed E-state index contributed by atoms with van der Waals surface area (Å²) in [5.74, 6) is 0.620. The highest BCUT2D eigenvalue weighted by Gasteiger charge is 2.23. The third kappa shape index (κ3) is 3.05. The third-order valence-corrected chi connectivity index (χ3v) is 4.30. The molecule has 0 spiro atoms. The highest BCUT2D eigenvalue weighted by Crippen LogP contribution is 2.33. The molecule has 2 rings (SSSR count). The van der Waals surface area contributed by atoms with Crippen LogP contribution in [0.1, 0.15) is 31.4 Å². The minimum absolute atomic E-state index is 0.0658. The lowest BCUT2D eigenvalue weighted by molar-refractivity contribution is 0.263. The van der Waals surface area contributed by atoms with E-state index in [2.05, 4.69) is 39.0 Å². The molecule has 1 fully saturated rings. The number of halogens is 1. The van der Waals surface area contributed by atoms with Gasteiger partial charge in [-0.2, -0.15) is 0 Å². The van der Waals surface area contributed by atoms with E-state index < -0.39 is 0 Å². The summed E-state index contributed by atoms with van der Waals surface area (Å²) in [6.45, 7) is 4.40. The molecule has 0 aliphatic carbocycles. The predicted molar refractivity (Wildman–Crippen MR) is 78.8 cm³/mol. The fraction of sp³-hybridized carbons (Fsp3) is 0.571. The molecule has 3 N–H and O–H groups in total. The number of rotatable bonds is 4. The van der Waals surface area contributed by atoms with Gasteiger partial charge in [0.2, 0.25) is 0 Å². The average Bonchev–Trinajstić information content (AvgIpc) is 2.77. The van der Waals surface area contributed by atoms with Crippen LogP contribution in [-0.4, -0.2) is 24.8 Å². The van der Waals surface area contributed by atoms with Crippen LogP contribution in [0.5, 0.6) is 0 Å². The zero-order valence-electron chi connectivity index (χ0n) is 10.8. The topological polar surface area (TPSA) is 49.5 Å². The van der Waals surface area contributed by atoms with Gasteiger partial charge in [0.15, 0.2) is 0 Å². The van der Waals surface area contributed by atoms with E-state index >= 15 is 0 Å². The quantitative estimate of drug-likeness (QED) is 0.898. The number of aliphatic hydroxyl groups excluding tert-OH is 1. The molecule has 1 aliphatic heterocycles. The molecule has 1 aromatic carbocycles. The normalized spacial score (nSPS) is 21.3. The Labute approximate surface area is 117 Å². The highest BCUT2D eigenvalue weighted by atomic mass is 79.9. The van der Waals surface area contributed by atoms with Gasteiger partial charge in [0.25, 0.3) is 0 Å². The summed E-state index contributed by atoms with van der Waals surface area (Å²) >= 11 is 3.64. The zero-order valence-corrected chi connectivity index (χ0v) is 12.4. The zero-order chi connectivity index (χ0) is 13.1. The Morgan fingerprint density at radius 2 is 2.33 bits per heavy atom. The molecule has 0 aromatic heterocycles. The smallest absolute Gasteiger partial charge is 0.0510 e. The number of nitrogens with zero attached hydrogens (tertiary/aromatic N) is 1. The van der Waals surface area contributed by atoms with Crippen molar-refractivity contribution < 1.29 is 5.11 Å². The van der Waals surface area contributed by atoms with Gasteiger partial charge < -0.3 is 15.7 Å². The molecule has 0 bridgehead atoms. The summed E-state index contributed by atoms with van der Waals surface area (Å²) in [4.78, 5) is 2.38. The van der Waals surface area contributed by atoms with Gasteiger partial charge in [0.1, 0.15) is 0 Å². The second-order valence-corrected chi connectivity index (χ2v) is 5.97. The molecule has 0 amide bonds. The summed E-state index contributed by atoms with van der Waals surface area (Å²) in [5, 5.41) is 8.99. The summed E-state index contributed by atoms with van der Waals surface area (Å²) in [5.41, 5.74) is 8.27. The first kappa shape index (κ1) is 13.8. The lowest BCUT2D eigenvalue weighted by Crippen LogP contribution is -2.20. The SMILES string of the molecule is CC(N)c1ccc(N2CCC(CCO)C2)c(Br)c1. The first-order valence-corrected chi connectivity index (χ1v) is 7.32. The molecule has 1 heterocycles. The van der Waals surface area contributed by atoms with E-state index in [4.69, 9.17) is 10.8 Å². The van der Waals surface area contributed by atoms with E-state index in [0.29, 0.717) is 12.5 Å². The largest absolute Gasteiger partial charge is 0.396 e. The van der Waals surface area contributed by atoms with Crippen molar-refractivity contribution in [2.24, 2.45) is 11.7 Å². The second-order valence-electron chi connectivity index (χ2n) is 5.11. The van der Waals surface area contributed by atoms with E-state index in [1.807, 2.05) is 6.92 Å². The lowest BCUT2D eigenvalue weighted by Gasteiger charge is -2.21. The van der Waals surface area contributed by atoms with Crippen molar-refractivity contribution in [2.45, 2.75) is 25.8 Å². The number of hydrogen-bond donors (Lipinski definition) is 2. The van der Waals surface area contributed by atoms with Crippen LogP contribution in [0.2, 0.25) is 0 Å². The van der Waals surface area contributed by atoms with E-state index in [9.17, 15) is 0 Å². The second kappa shape index (κ2) is 6.04. The maximum absolute atomic E-state index is 8.99. The average molecular weight is 313 g/mol. The van der Waals surface area contributed by atoms with E-state index in [1.54, 1.807) is 0 Å². The van der Waals surface area contributed by atoms with Gasteiger partial charge in [-0.25, -0.2) is 0 Å². The first-order valence-electron chi connectivity index (χ1n) is 6.52. The van der Waals surface area contributed by atoms with Crippen LogP contribution >= 0.6 is 15.9 Å². The Bertz CT molecular complexity index is 409. The first-order chi connectivity index (χ1) is 8.61.